The van der Waals surface area contributed by atoms with Crippen molar-refractivity contribution >= 4 is 10.0 Å². The number of sulfonamides is 1. The van der Waals surface area contributed by atoms with E-state index in [1.165, 1.54) is 24.3 Å². The van der Waals surface area contributed by atoms with E-state index in [1.54, 1.807) is 4.31 Å². The van der Waals surface area contributed by atoms with E-state index < -0.39 is 16.6 Å². The minimum atomic E-state index is -3.66. The molecule has 3 aliphatic heterocycles. The first-order chi connectivity index (χ1) is 13.9. The first-order valence-corrected chi connectivity index (χ1v) is 11.8. The number of fused-ring (bicyclic) bond motifs is 2. The van der Waals surface area contributed by atoms with Gasteiger partial charge in [0.05, 0.1) is 4.90 Å². The van der Waals surface area contributed by atoms with Gasteiger partial charge >= 0.3 is 6.61 Å². The molecular weight excluding hydrogens is 402 g/mol. The monoisotopic (exact) mass is 430 g/mol. The van der Waals surface area contributed by atoms with Gasteiger partial charge in [-0.3, -0.25) is 0 Å². The number of piperidine rings is 1. The van der Waals surface area contributed by atoms with Gasteiger partial charge < -0.3 is 14.8 Å². The maximum atomic E-state index is 13.2. The lowest BCUT2D eigenvalue weighted by Gasteiger charge is -2.39. The van der Waals surface area contributed by atoms with E-state index in [4.69, 9.17) is 4.74 Å². The molecule has 9 heteroatoms. The van der Waals surface area contributed by atoms with Gasteiger partial charge in [0.1, 0.15) is 5.75 Å². The first kappa shape index (κ1) is 21.0. The normalized spacial score (nSPS) is 28.7. The molecule has 1 aromatic rings. The Bertz CT molecular complexity index is 770. The number of halogens is 2. The van der Waals surface area contributed by atoms with Crippen LogP contribution < -0.4 is 10.1 Å². The average Bonchev–Trinajstić information content (AvgIpc) is 2.99. The molecule has 29 heavy (non-hydrogen) atoms. The summed E-state index contributed by atoms with van der Waals surface area (Å²) >= 11 is 0. The highest BCUT2D eigenvalue weighted by Gasteiger charge is 2.47. The standard InChI is InChI=1S/C20H28F2N2O4S/c21-20(22)28-18-3-5-19(6-4-18)29(25,26)24-16-1-2-17(24)12-15(11-16)23-13-14-7-9-27-10-8-14/h3-6,14-17,20,23H,1-2,7-13H2/t15-,16+,17-. The number of alkyl halides is 2. The number of nitrogens with one attached hydrogen (secondary N) is 1. The fourth-order valence-electron chi connectivity index (χ4n) is 4.89. The van der Waals surface area contributed by atoms with Crippen molar-refractivity contribution in [1.29, 1.82) is 0 Å². The molecule has 3 fully saturated rings. The molecule has 3 heterocycles. The number of benzene rings is 1. The Kier molecular flexibility index (Phi) is 6.38. The molecule has 3 saturated heterocycles. The molecule has 3 atom stereocenters. The second kappa shape index (κ2) is 8.83. The maximum Gasteiger partial charge on any atom is 0.387 e. The Balaban J connectivity index is 1.39. The highest BCUT2D eigenvalue weighted by Crippen LogP contribution is 2.40. The summed E-state index contributed by atoms with van der Waals surface area (Å²) in [6, 6.07) is 5.57. The summed E-state index contributed by atoms with van der Waals surface area (Å²) in [7, 11) is -3.66. The van der Waals surface area contributed by atoms with Crippen LogP contribution in [0.25, 0.3) is 0 Å². The molecule has 0 spiro atoms. The lowest BCUT2D eigenvalue weighted by Crippen LogP contribution is -2.52. The zero-order chi connectivity index (χ0) is 20.4. The SMILES string of the molecule is O=S(=O)(c1ccc(OC(F)F)cc1)N1[C@@H]2CC[C@H]1C[C@@H](NCC1CCOCC1)C2. The van der Waals surface area contributed by atoms with Crippen molar-refractivity contribution in [2.75, 3.05) is 19.8 Å². The zero-order valence-electron chi connectivity index (χ0n) is 16.3. The second-order valence-electron chi connectivity index (χ2n) is 8.20. The molecule has 1 aromatic carbocycles. The number of hydrogen-bond donors (Lipinski definition) is 1. The van der Waals surface area contributed by atoms with Crippen LogP contribution in [-0.2, 0) is 14.8 Å². The first-order valence-electron chi connectivity index (χ1n) is 10.3. The molecule has 0 saturated carbocycles. The fourth-order valence-corrected chi connectivity index (χ4v) is 6.78. The van der Waals surface area contributed by atoms with Crippen LogP contribution in [0.1, 0.15) is 38.5 Å². The van der Waals surface area contributed by atoms with Crippen molar-refractivity contribution in [2.45, 2.75) is 68.2 Å². The molecule has 0 unspecified atom stereocenters. The summed E-state index contributed by atoms with van der Waals surface area (Å²) in [5.74, 6) is 0.593. The van der Waals surface area contributed by atoms with Gasteiger partial charge in [0.25, 0.3) is 0 Å². The van der Waals surface area contributed by atoms with E-state index in [-0.39, 0.29) is 22.7 Å². The van der Waals surface area contributed by atoms with Gasteiger partial charge in [-0.25, -0.2) is 8.42 Å². The van der Waals surface area contributed by atoms with Crippen LogP contribution in [0, 0.1) is 5.92 Å². The summed E-state index contributed by atoms with van der Waals surface area (Å²) in [4.78, 5) is 0.129. The van der Waals surface area contributed by atoms with Crippen molar-refractivity contribution in [1.82, 2.24) is 9.62 Å². The maximum absolute atomic E-state index is 13.2. The minimum absolute atomic E-state index is 0.0112. The largest absolute Gasteiger partial charge is 0.435 e. The zero-order valence-corrected chi connectivity index (χ0v) is 17.1. The molecule has 4 rings (SSSR count). The predicted molar refractivity (Wildman–Crippen MR) is 103 cm³/mol. The molecule has 0 amide bonds. The predicted octanol–water partition coefficient (Wildman–Crippen LogP) is 2.99. The third kappa shape index (κ3) is 4.73. The van der Waals surface area contributed by atoms with Crippen molar-refractivity contribution in [3.8, 4) is 5.75 Å². The Morgan fingerprint density at radius 2 is 1.69 bits per heavy atom. The van der Waals surface area contributed by atoms with E-state index in [0.29, 0.717) is 12.0 Å². The van der Waals surface area contributed by atoms with E-state index in [2.05, 4.69) is 10.1 Å². The Morgan fingerprint density at radius 1 is 1.07 bits per heavy atom. The molecule has 1 N–H and O–H groups in total. The highest BCUT2D eigenvalue weighted by atomic mass is 32.2. The molecule has 0 aliphatic carbocycles. The summed E-state index contributed by atoms with van der Waals surface area (Å²) in [6.45, 7) is -0.308. The van der Waals surface area contributed by atoms with Gasteiger partial charge in [-0.05, 0) is 75.3 Å². The van der Waals surface area contributed by atoms with Crippen molar-refractivity contribution in [3.63, 3.8) is 0 Å². The molecular formula is C20H28F2N2O4S. The van der Waals surface area contributed by atoms with Crippen molar-refractivity contribution in [2.24, 2.45) is 5.92 Å². The van der Waals surface area contributed by atoms with Crippen LogP contribution in [0.2, 0.25) is 0 Å². The molecule has 0 aromatic heterocycles. The molecule has 3 aliphatic rings. The Hall–Kier alpha value is -1.29. The van der Waals surface area contributed by atoms with Gasteiger partial charge in [-0.1, -0.05) is 0 Å². The second-order valence-corrected chi connectivity index (χ2v) is 10.0. The Labute approximate surface area is 170 Å². The summed E-state index contributed by atoms with van der Waals surface area (Å²) in [5.41, 5.74) is 0. The van der Waals surface area contributed by atoms with Crippen molar-refractivity contribution in [3.05, 3.63) is 24.3 Å². The molecule has 162 valence electrons. The van der Waals surface area contributed by atoms with E-state index in [0.717, 1.165) is 58.3 Å². The van der Waals surface area contributed by atoms with Crippen LogP contribution >= 0.6 is 0 Å². The van der Waals surface area contributed by atoms with Crippen LogP contribution in [0.15, 0.2) is 29.2 Å². The van der Waals surface area contributed by atoms with E-state index >= 15 is 0 Å². The lowest BCUT2D eigenvalue weighted by atomic mass is 9.96. The highest BCUT2D eigenvalue weighted by molar-refractivity contribution is 7.89. The molecule has 6 nitrogen and oxygen atoms in total. The van der Waals surface area contributed by atoms with Gasteiger partial charge in [-0.15, -0.1) is 0 Å². The lowest BCUT2D eigenvalue weighted by molar-refractivity contribution is -0.0498. The quantitative estimate of drug-likeness (QED) is 0.720. The fraction of sp³-hybridized carbons (Fsp3) is 0.700. The van der Waals surface area contributed by atoms with Gasteiger partial charge in [-0.2, -0.15) is 13.1 Å². The number of rotatable bonds is 7. The van der Waals surface area contributed by atoms with E-state index in [9.17, 15) is 17.2 Å². The summed E-state index contributed by atoms with van der Waals surface area (Å²) in [6.07, 6.45) is 5.52. The Morgan fingerprint density at radius 3 is 2.28 bits per heavy atom. The van der Waals surface area contributed by atoms with Gasteiger partial charge in [0.2, 0.25) is 10.0 Å². The third-order valence-corrected chi connectivity index (χ3v) is 8.35. The van der Waals surface area contributed by atoms with Crippen LogP contribution in [0.5, 0.6) is 5.75 Å². The average molecular weight is 431 g/mol. The molecule has 2 bridgehead atoms. The van der Waals surface area contributed by atoms with Crippen molar-refractivity contribution < 1.29 is 26.7 Å². The number of nitrogens with zero attached hydrogens (tertiary/aromatic N) is 1. The minimum Gasteiger partial charge on any atom is -0.435 e. The van der Waals surface area contributed by atoms with Crippen LogP contribution in [0.3, 0.4) is 0 Å². The summed E-state index contributed by atoms with van der Waals surface area (Å²) < 4.78 is 62.4. The van der Waals surface area contributed by atoms with Gasteiger partial charge in [0, 0.05) is 31.3 Å². The molecule has 0 radical (unpaired) electrons. The topological polar surface area (TPSA) is 67.9 Å². The van der Waals surface area contributed by atoms with Gasteiger partial charge in [0.15, 0.2) is 0 Å². The smallest absolute Gasteiger partial charge is 0.387 e. The summed E-state index contributed by atoms with van der Waals surface area (Å²) in [5, 5.41) is 3.66. The third-order valence-electron chi connectivity index (χ3n) is 6.33. The van der Waals surface area contributed by atoms with Crippen LogP contribution in [0.4, 0.5) is 8.78 Å². The number of ether oxygens (including phenoxy) is 2. The van der Waals surface area contributed by atoms with Crippen LogP contribution in [-0.4, -0.2) is 57.2 Å². The van der Waals surface area contributed by atoms with E-state index in [1.807, 2.05) is 0 Å². The number of hydrogen-bond acceptors (Lipinski definition) is 5.